The summed E-state index contributed by atoms with van der Waals surface area (Å²) in [6.45, 7) is 3.98. The molecule has 6 nitrogen and oxygen atoms in total. The fourth-order valence-electron chi connectivity index (χ4n) is 3.11. The number of methoxy groups -OCH3 is 1. The van der Waals surface area contributed by atoms with Gasteiger partial charge < -0.3 is 24.5 Å². The number of hydrogen-bond acceptors (Lipinski definition) is 4. The molecule has 1 aromatic heterocycles. The second kappa shape index (κ2) is 9.17. The second-order valence-electron chi connectivity index (χ2n) is 6.56. The molecule has 1 heterocycles. The summed E-state index contributed by atoms with van der Waals surface area (Å²) >= 11 is 0. The monoisotopic (exact) mass is 381 g/mol. The maximum Gasteiger partial charge on any atom is 0.194 e. The topological polar surface area (TPSA) is 70.2 Å². The van der Waals surface area contributed by atoms with Gasteiger partial charge in [0.05, 0.1) is 13.7 Å². The van der Waals surface area contributed by atoms with E-state index in [9.17, 15) is 5.11 Å². The van der Waals surface area contributed by atoms with Crippen LogP contribution in [0.2, 0.25) is 0 Å². The summed E-state index contributed by atoms with van der Waals surface area (Å²) in [6.07, 6.45) is 0.621. The maximum atomic E-state index is 10.2. The summed E-state index contributed by atoms with van der Waals surface area (Å²) in [6, 6.07) is 15.6. The van der Waals surface area contributed by atoms with Crippen molar-refractivity contribution in [3.05, 3.63) is 59.9 Å². The number of nitrogens with one attached hydrogen (secondary N) is 1. The largest absolute Gasteiger partial charge is 0.504 e. The molecule has 0 spiro atoms. The van der Waals surface area contributed by atoms with Crippen LogP contribution in [0.1, 0.15) is 18.2 Å². The molecular weight excluding hydrogens is 354 g/mol. The number of furan rings is 1. The van der Waals surface area contributed by atoms with Gasteiger partial charge in [-0.3, -0.25) is 4.99 Å². The molecule has 0 atom stereocenters. The van der Waals surface area contributed by atoms with Gasteiger partial charge in [0.2, 0.25) is 0 Å². The molecule has 0 saturated carbocycles. The van der Waals surface area contributed by atoms with Gasteiger partial charge in [0, 0.05) is 25.5 Å². The molecule has 0 radical (unpaired) electrons. The lowest BCUT2D eigenvalue weighted by atomic mass is 10.1. The fraction of sp³-hybridized carbons (Fsp3) is 0.318. The van der Waals surface area contributed by atoms with Crippen molar-refractivity contribution in [1.82, 2.24) is 10.2 Å². The SMILES string of the molecule is CCNC(=NCCc1cccc(OC)c1O)N(C)Cc1cc2ccccc2o1. The van der Waals surface area contributed by atoms with Gasteiger partial charge in [-0.15, -0.1) is 0 Å². The summed E-state index contributed by atoms with van der Waals surface area (Å²) in [5.41, 5.74) is 1.71. The highest BCUT2D eigenvalue weighted by Crippen LogP contribution is 2.29. The Balaban J connectivity index is 1.67. The first kappa shape index (κ1) is 19.6. The number of guanidine groups is 1. The molecule has 0 amide bonds. The maximum absolute atomic E-state index is 10.2. The van der Waals surface area contributed by atoms with Crippen molar-refractivity contribution < 1.29 is 14.3 Å². The highest BCUT2D eigenvalue weighted by molar-refractivity contribution is 5.80. The van der Waals surface area contributed by atoms with Gasteiger partial charge in [0.15, 0.2) is 17.5 Å². The van der Waals surface area contributed by atoms with Crippen molar-refractivity contribution in [1.29, 1.82) is 0 Å². The lowest BCUT2D eigenvalue weighted by molar-refractivity contribution is 0.370. The Hall–Kier alpha value is -3.15. The predicted octanol–water partition coefficient (Wildman–Crippen LogP) is 3.79. The van der Waals surface area contributed by atoms with Crippen LogP contribution >= 0.6 is 0 Å². The number of aliphatic imine (C=N–C) groups is 1. The van der Waals surface area contributed by atoms with Gasteiger partial charge >= 0.3 is 0 Å². The van der Waals surface area contributed by atoms with E-state index in [1.165, 1.54) is 0 Å². The molecule has 2 aromatic carbocycles. The molecule has 0 saturated heterocycles. The molecule has 0 unspecified atom stereocenters. The molecule has 0 bridgehead atoms. The Bertz CT molecular complexity index is 916. The summed E-state index contributed by atoms with van der Waals surface area (Å²) in [5.74, 6) is 2.35. The van der Waals surface area contributed by atoms with Crippen LogP contribution in [0.5, 0.6) is 11.5 Å². The zero-order chi connectivity index (χ0) is 19.9. The van der Waals surface area contributed by atoms with Gasteiger partial charge in [-0.2, -0.15) is 0 Å². The van der Waals surface area contributed by atoms with Crippen LogP contribution in [0.4, 0.5) is 0 Å². The Morgan fingerprint density at radius 3 is 2.79 bits per heavy atom. The zero-order valence-electron chi connectivity index (χ0n) is 16.6. The molecule has 3 aromatic rings. The van der Waals surface area contributed by atoms with E-state index in [0.29, 0.717) is 25.3 Å². The minimum atomic E-state index is 0.181. The van der Waals surface area contributed by atoms with Gasteiger partial charge in [-0.1, -0.05) is 30.3 Å². The molecule has 0 aliphatic rings. The van der Waals surface area contributed by atoms with Crippen molar-refractivity contribution in [3.63, 3.8) is 0 Å². The van der Waals surface area contributed by atoms with Crippen LogP contribution in [-0.2, 0) is 13.0 Å². The van der Waals surface area contributed by atoms with E-state index in [-0.39, 0.29) is 5.75 Å². The number of para-hydroxylation sites is 2. The number of benzene rings is 2. The number of phenols is 1. The Morgan fingerprint density at radius 1 is 1.21 bits per heavy atom. The van der Waals surface area contributed by atoms with Crippen LogP contribution in [0.15, 0.2) is 57.9 Å². The molecule has 6 heteroatoms. The van der Waals surface area contributed by atoms with E-state index in [1.807, 2.05) is 55.3 Å². The van der Waals surface area contributed by atoms with Gasteiger partial charge in [0.1, 0.15) is 11.3 Å². The highest BCUT2D eigenvalue weighted by Gasteiger charge is 2.11. The van der Waals surface area contributed by atoms with Crippen LogP contribution < -0.4 is 10.1 Å². The normalized spacial score (nSPS) is 11.6. The van der Waals surface area contributed by atoms with Gasteiger partial charge in [-0.05, 0) is 37.1 Å². The summed E-state index contributed by atoms with van der Waals surface area (Å²) < 4.78 is 11.1. The molecule has 0 fully saturated rings. The summed E-state index contributed by atoms with van der Waals surface area (Å²) in [5, 5.41) is 14.6. The molecular formula is C22H27N3O3. The van der Waals surface area contributed by atoms with Crippen LogP contribution in [0.25, 0.3) is 11.0 Å². The number of ether oxygens (including phenoxy) is 1. The fourth-order valence-corrected chi connectivity index (χ4v) is 3.11. The minimum absolute atomic E-state index is 0.181. The molecule has 28 heavy (non-hydrogen) atoms. The number of nitrogens with zero attached hydrogens (tertiary/aromatic N) is 2. The molecule has 3 rings (SSSR count). The number of hydrogen-bond donors (Lipinski definition) is 2. The van der Waals surface area contributed by atoms with Crippen LogP contribution in [-0.4, -0.2) is 43.2 Å². The lowest BCUT2D eigenvalue weighted by Crippen LogP contribution is -2.38. The standard InChI is InChI=1S/C22H27N3O3/c1-4-23-22(24-13-12-16-9-7-11-20(27-3)21(16)26)25(2)15-18-14-17-8-5-6-10-19(17)28-18/h5-11,14,26H,4,12-13,15H2,1-3H3,(H,23,24). The first-order chi connectivity index (χ1) is 13.6. The minimum Gasteiger partial charge on any atom is -0.504 e. The summed E-state index contributed by atoms with van der Waals surface area (Å²) in [4.78, 5) is 6.73. The molecule has 2 N–H and O–H groups in total. The zero-order valence-corrected chi connectivity index (χ0v) is 16.6. The molecule has 0 aliphatic heterocycles. The number of rotatable bonds is 7. The average Bonchev–Trinajstić information content (AvgIpc) is 3.10. The molecule has 148 valence electrons. The average molecular weight is 381 g/mol. The van der Waals surface area contributed by atoms with Gasteiger partial charge in [-0.25, -0.2) is 0 Å². The van der Waals surface area contributed by atoms with Crippen molar-refractivity contribution in [2.75, 3.05) is 27.2 Å². The number of phenolic OH excluding ortho intramolecular Hbond substituents is 1. The first-order valence-corrected chi connectivity index (χ1v) is 9.44. The molecule has 0 aliphatic carbocycles. The van der Waals surface area contributed by atoms with E-state index in [4.69, 9.17) is 14.1 Å². The first-order valence-electron chi connectivity index (χ1n) is 9.44. The Kier molecular flexibility index (Phi) is 6.42. The smallest absolute Gasteiger partial charge is 0.194 e. The van der Waals surface area contributed by atoms with E-state index in [2.05, 4.69) is 11.4 Å². The van der Waals surface area contributed by atoms with Crippen LogP contribution in [0.3, 0.4) is 0 Å². The number of fused-ring (bicyclic) bond motifs is 1. The third-order valence-electron chi connectivity index (χ3n) is 4.51. The lowest BCUT2D eigenvalue weighted by Gasteiger charge is -2.21. The van der Waals surface area contributed by atoms with E-state index < -0.39 is 0 Å². The van der Waals surface area contributed by atoms with Crippen molar-refractivity contribution in [3.8, 4) is 11.5 Å². The Labute approximate surface area is 165 Å². The van der Waals surface area contributed by atoms with Crippen LogP contribution in [0, 0.1) is 0 Å². The third-order valence-corrected chi connectivity index (χ3v) is 4.51. The van der Waals surface area contributed by atoms with E-state index in [1.54, 1.807) is 13.2 Å². The van der Waals surface area contributed by atoms with E-state index >= 15 is 0 Å². The van der Waals surface area contributed by atoms with Gasteiger partial charge in [0.25, 0.3) is 0 Å². The van der Waals surface area contributed by atoms with Crippen molar-refractivity contribution >= 4 is 16.9 Å². The Morgan fingerprint density at radius 2 is 2.04 bits per heavy atom. The highest BCUT2D eigenvalue weighted by atomic mass is 16.5. The quantitative estimate of drug-likeness (QED) is 0.481. The second-order valence-corrected chi connectivity index (χ2v) is 6.56. The van der Waals surface area contributed by atoms with E-state index in [0.717, 1.165) is 34.8 Å². The van der Waals surface area contributed by atoms with Crippen molar-refractivity contribution in [2.24, 2.45) is 4.99 Å². The number of aromatic hydroxyl groups is 1. The predicted molar refractivity (Wildman–Crippen MR) is 112 cm³/mol. The van der Waals surface area contributed by atoms with Crippen molar-refractivity contribution in [2.45, 2.75) is 19.9 Å². The summed E-state index contributed by atoms with van der Waals surface area (Å²) in [7, 11) is 3.53. The third kappa shape index (κ3) is 4.57.